The first-order chi connectivity index (χ1) is 9.78. The van der Waals surface area contributed by atoms with Crippen LogP contribution in [0.3, 0.4) is 0 Å². The number of ether oxygens (including phenoxy) is 1. The van der Waals surface area contributed by atoms with Crippen molar-refractivity contribution in [2.24, 2.45) is 5.84 Å². The van der Waals surface area contributed by atoms with Crippen molar-refractivity contribution in [2.45, 2.75) is 18.9 Å². The molecule has 0 fully saturated rings. The second-order valence-electron chi connectivity index (χ2n) is 4.98. The van der Waals surface area contributed by atoms with Crippen LogP contribution in [0.5, 0.6) is 5.75 Å². The van der Waals surface area contributed by atoms with Gasteiger partial charge in [0.25, 0.3) is 0 Å². The summed E-state index contributed by atoms with van der Waals surface area (Å²) in [5.74, 6) is 6.39. The highest BCUT2D eigenvalue weighted by molar-refractivity contribution is 5.41. The summed E-state index contributed by atoms with van der Waals surface area (Å²) < 4.78 is 19.2. The van der Waals surface area contributed by atoms with Crippen LogP contribution in [0.15, 0.2) is 42.5 Å². The van der Waals surface area contributed by atoms with Gasteiger partial charge in [-0.2, -0.15) is 0 Å². The number of benzene rings is 2. The van der Waals surface area contributed by atoms with E-state index < -0.39 is 0 Å². The van der Waals surface area contributed by atoms with Gasteiger partial charge in [-0.3, -0.25) is 11.3 Å². The molecule has 1 atom stereocenters. The van der Waals surface area contributed by atoms with Crippen LogP contribution in [-0.2, 0) is 12.8 Å². The third-order valence-electron chi connectivity index (χ3n) is 3.70. The molecule has 104 valence electrons. The van der Waals surface area contributed by atoms with Crippen molar-refractivity contribution < 1.29 is 9.13 Å². The minimum absolute atomic E-state index is 0.113. The van der Waals surface area contributed by atoms with E-state index in [0.717, 1.165) is 24.3 Å². The van der Waals surface area contributed by atoms with E-state index in [0.29, 0.717) is 12.0 Å². The molecule has 1 unspecified atom stereocenters. The molecule has 0 spiro atoms. The number of nitrogens with one attached hydrogen (secondary N) is 1. The van der Waals surface area contributed by atoms with E-state index in [-0.39, 0.29) is 11.9 Å². The summed E-state index contributed by atoms with van der Waals surface area (Å²) in [5, 5.41) is 0. The quantitative estimate of drug-likeness (QED) is 0.664. The van der Waals surface area contributed by atoms with Crippen molar-refractivity contribution >= 4 is 0 Å². The zero-order chi connectivity index (χ0) is 13.9. The van der Waals surface area contributed by atoms with Gasteiger partial charge >= 0.3 is 0 Å². The van der Waals surface area contributed by atoms with Gasteiger partial charge in [0.2, 0.25) is 0 Å². The normalized spacial score (nSPS) is 14.7. The van der Waals surface area contributed by atoms with Gasteiger partial charge in [0, 0.05) is 6.42 Å². The highest BCUT2D eigenvalue weighted by Gasteiger charge is 2.17. The van der Waals surface area contributed by atoms with Gasteiger partial charge in [0.15, 0.2) is 0 Å². The largest absolute Gasteiger partial charge is 0.493 e. The predicted octanol–water partition coefficient (Wildman–Crippen LogP) is 2.51. The van der Waals surface area contributed by atoms with Gasteiger partial charge in [0.05, 0.1) is 12.6 Å². The zero-order valence-electron chi connectivity index (χ0n) is 11.1. The number of nitrogens with two attached hydrogens (primary N) is 1. The molecule has 4 heteroatoms. The van der Waals surface area contributed by atoms with Crippen molar-refractivity contribution in [1.29, 1.82) is 0 Å². The number of fused-ring (bicyclic) bond motifs is 1. The average molecular weight is 272 g/mol. The second kappa shape index (κ2) is 5.61. The SMILES string of the molecule is NNC(Cc1ccccc1F)c1ccc2c(c1)CCO2. The minimum Gasteiger partial charge on any atom is -0.493 e. The molecule has 0 saturated carbocycles. The molecule has 1 aliphatic rings. The fraction of sp³-hybridized carbons (Fsp3) is 0.250. The van der Waals surface area contributed by atoms with Gasteiger partial charge in [-0.25, -0.2) is 4.39 Å². The van der Waals surface area contributed by atoms with Gasteiger partial charge in [0.1, 0.15) is 11.6 Å². The number of hydrazine groups is 1. The monoisotopic (exact) mass is 272 g/mol. The summed E-state index contributed by atoms with van der Waals surface area (Å²) >= 11 is 0. The van der Waals surface area contributed by atoms with Crippen molar-refractivity contribution in [1.82, 2.24) is 5.43 Å². The Hall–Kier alpha value is -1.91. The second-order valence-corrected chi connectivity index (χ2v) is 4.98. The first kappa shape index (κ1) is 13.1. The summed E-state index contributed by atoms with van der Waals surface area (Å²) in [5.41, 5.74) is 5.68. The lowest BCUT2D eigenvalue weighted by molar-refractivity contribution is 0.356. The fourth-order valence-electron chi connectivity index (χ4n) is 2.58. The summed E-state index contributed by atoms with van der Waals surface area (Å²) in [7, 11) is 0. The van der Waals surface area contributed by atoms with Crippen LogP contribution in [-0.4, -0.2) is 6.61 Å². The third-order valence-corrected chi connectivity index (χ3v) is 3.70. The molecule has 0 bridgehead atoms. The van der Waals surface area contributed by atoms with E-state index in [2.05, 4.69) is 11.5 Å². The van der Waals surface area contributed by atoms with Crippen LogP contribution in [0.25, 0.3) is 0 Å². The van der Waals surface area contributed by atoms with E-state index >= 15 is 0 Å². The maximum absolute atomic E-state index is 13.7. The summed E-state index contributed by atoms with van der Waals surface area (Å²) in [6, 6.07) is 12.7. The highest BCUT2D eigenvalue weighted by atomic mass is 19.1. The van der Waals surface area contributed by atoms with Crippen LogP contribution in [0.1, 0.15) is 22.7 Å². The van der Waals surface area contributed by atoms with E-state index in [1.165, 1.54) is 11.6 Å². The highest BCUT2D eigenvalue weighted by Crippen LogP contribution is 2.29. The standard InChI is InChI=1S/C16H17FN2O/c17-14-4-2-1-3-11(14)10-15(19-18)12-5-6-16-13(9-12)7-8-20-16/h1-6,9,15,19H,7-8,10,18H2. The summed E-state index contributed by atoms with van der Waals surface area (Å²) in [4.78, 5) is 0. The fourth-order valence-corrected chi connectivity index (χ4v) is 2.58. The minimum atomic E-state index is -0.197. The van der Waals surface area contributed by atoms with Crippen LogP contribution in [0, 0.1) is 5.82 Å². The Kier molecular flexibility index (Phi) is 3.67. The molecule has 3 rings (SSSR count). The Morgan fingerprint density at radius 1 is 1.25 bits per heavy atom. The summed E-state index contributed by atoms with van der Waals surface area (Å²) in [6.07, 6.45) is 1.43. The average Bonchev–Trinajstić information content (AvgIpc) is 2.94. The molecule has 1 heterocycles. The smallest absolute Gasteiger partial charge is 0.126 e. The first-order valence-corrected chi connectivity index (χ1v) is 6.73. The molecule has 2 aromatic carbocycles. The Balaban J connectivity index is 1.85. The molecule has 0 aliphatic carbocycles. The number of halogens is 1. The molecular weight excluding hydrogens is 255 g/mol. The van der Waals surface area contributed by atoms with Crippen molar-refractivity contribution in [3.05, 3.63) is 65.0 Å². The topological polar surface area (TPSA) is 47.3 Å². The Bertz CT molecular complexity index is 615. The van der Waals surface area contributed by atoms with E-state index in [4.69, 9.17) is 10.6 Å². The molecule has 3 N–H and O–H groups in total. The summed E-state index contributed by atoms with van der Waals surface area (Å²) in [6.45, 7) is 0.729. The number of hydrogen-bond donors (Lipinski definition) is 2. The van der Waals surface area contributed by atoms with Crippen molar-refractivity contribution in [3.8, 4) is 5.75 Å². The lowest BCUT2D eigenvalue weighted by atomic mass is 9.97. The maximum atomic E-state index is 13.7. The molecule has 1 aliphatic heterocycles. The van der Waals surface area contributed by atoms with Crippen LogP contribution in [0.2, 0.25) is 0 Å². The maximum Gasteiger partial charge on any atom is 0.126 e. The van der Waals surface area contributed by atoms with Crippen LogP contribution < -0.4 is 16.0 Å². The zero-order valence-corrected chi connectivity index (χ0v) is 11.1. The Morgan fingerprint density at radius 2 is 2.10 bits per heavy atom. The predicted molar refractivity (Wildman–Crippen MR) is 75.8 cm³/mol. The molecule has 0 amide bonds. The van der Waals surface area contributed by atoms with Crippen LogP contribution >= 0.6 is 0 Å². The Morgan fingerprint density at radius 3 is 2.90 bits per heavy atom. The molecular formula is C16H17FN2O. The molecule has 0 radical (unpaired) electrons. The number of rotatable bonds is 4. The molecule has 20 heavy (non-hydrogen) atoms. The molecule has 0 aromatic heterocycles. The molecule has 0 saturated heterocycles. The Labute approximate surface area is 117 Å². The lowest BCUT2D eigenvalue weighted by Gasteiger charge is -2.17. The van der Waals surface area contributed by atoms with Crippen LogP contribution in [0.4, 0.5) is 4.39 Å². The molecule has 2 aromatic rings. The van der Waals surface area contributed by atoms with E-state index in [1.54, 1.807) is 12.1 Å². The van der Waals surface area contributed by atoms with Crippen molar-refractivity contribution in [3.63, 3.8) is 0 Å². The number of hydrogen-bond acceptors (Lipinski definition) is 3. The van der Waals surface area contributed by atoms with E-state index in [9.17, 15) is 4.39 Å². The third kappa shape index (κ3) is 2.53. The van der Waals surface area contributed by atoms with Gasteiger partial charge in [-0.05, 0) is 35.2 Å². The molecule has 3 nitrogen and oxygen atoms in total. The van der Waals surface area contributed by atoms with Gasteiger partial charge in [-0.1, -0.05) is 30.3 Å². The van der Waals surface area contributed by atoms with Crippen molar-refractivity contribution in [2.75, 3.05) is 6.61 Å². The lowest BCUT2D eigenvalue weighted by Crippen LogP contribution is -2.29. The van der Waals surface area contributed by atoms with Gasteiger partial charge < -0.3 is 4.74 Å². The first-order valence-electron chi connectivity index (χ1n) is 6.73. The van der Waals surface area contributed by atoms with E-state index in [1.807, 2.05) is 18.2 Å². The van der Waals surface area contributed by atoms with Gasteiger partial charge in [-0.15, -0.1) is 0 Å².